The van der Waals surface area contributed by atoms with Gasteiger partial charge < -0.3 is 10.6 Å². The molecule has 0 heterocycles. The van der Waals surface area contributed by atoms with Crippen LogP contribution in [0.5, 0.6) is 0 Å². The van der Waals surface area contributed by atoms with Crippen LogP contribution in [0.4, 0.5) is 11.4 Å². The van der Waals surface area contributed by atoms with E-state index in [1.165, 1.54) is 24.3 Å². The Kier molecular flexibility index (Phi) is 8.53. The molecule has 2 amide bonds. The molecule has 7 heteroatoms. The maximum absolute atomic E-state index is 13.1. The summed E-state index contributed by atoms with van der Waals surface area (Å²) < 4.78 is 26.2. The monoisotopic (exact) mass is 536 g/mol. The zero-order valence-electron chi connectivity index (χ0n) is 21.3. The number of anilines is 2. The van der Waals surface area contributed by atoms with Crippen molar-refractivity contribution in [1.82, 2.24) is 0 Å². The van der Waals surface area contributed by atoms with Crippen LogP contribution in [0.2, 0.25) is 0 Å². The maximum atomic E-state index is 13.1. The highest BCUT2D eigenvalue weighted by atomic mass is 32.2. The van der Waals surface area contributed by atoms with Gasteiger partial charge in [0.15, 0.2) is 0 Å². The Bertz CT molecular complexity index is 1510. The molecule has 39 heavy (non-hydrogen) atoms. The third-order valence-electron chi connectivity index (χ3n) is 6.00. The minimum Gasteiger partial charge on any atom is -0.326 e. The Balaban J connectivity index is 1.37. The Labute approximate surface area is 228 Å². The lowest BCUT2D eigenvalue weighted by Gasteiger charge is -2.10. The molecule has 0 unspecified atom stereocenters. The summed E-state index contributed by atoms with van der Waals surface area (Å²) in [6.07, 6.45) is 3.81. The van der Waals surface area contributed by atoms with Crippen LogP contribution in [0.1, 0.15) is 22.3 Å². The quantitative estimate of drug-likeness (QED) is 0.254. The van der Waals surface area contributed by atoms with E-state index in [-0.39, 0.29) is 34.4 Å². The number of carbonyl (C=O) groups excluding carboxylic acids is 2. The molecule has 0 fully saturated rings. The molecule has 0 aromatic heterocycles. The second-order valence-corrected chi connectivity index (χ2v) is 10.9. The number of carbonyl (C=O) groups is 2. The average Bonchev–Trinajstić information content (AvgIpc) is 2.93. The predicted molar refractivity (Wildman–Crippen MR) is 156 cm³/mol. The lowest BCUT2D eigenvalue weighted by molar-refractivity contribution is -0.116. The molecule has 0 bridgehead atoms. The summed E-state index contributed by atoms with van der Waals surface area (Å²) >= 11 is 0. The molecule has 0 spiro atoms. The number of benzene rings is 4. The Hall–Kier alpha value is -4.75. The molecule has 0 aliphatic carbocycles. The van der Waals surface area contributed by atoms with Gasteiger partial charge in [-0.2, -0.15) is 0 Å². The van der Waals surface area contributed by atoms with Crippen LogP contribution in [0.25, 0.3) is 12.2 Å². The molecule has 0 atom stereocenters. The van der Waals surface area contributed by atoms with Crippen molar-refractivity contribution in [3.05, 3.63) is 132 Å². The molecule has 0 aliphatic rings. The van der Waals surface area contributed by atoms with Gasteiger partial charge in [0.25, 0.3) is 0 Å². The average molecular weight is 537 g/mol. The number of nitrogens with one attached hydrogen (secondary N) is 2. The molecule has 0 saturated heterocycles. The molecule has 4 aromatic rings. The van der Waals surface area contributed by atoms with Gasteiger partial charge in [-0.25, -0.2) is 8.42 Å². The molecular weight excluding hydrogens is 508 g/mol. The molecule has 0 aliphatic heterocycles. The predicted octanol–water partition coefficient (Wildman–Crippen LogP) is 6.17. The number of sulfone groups is 1. The summed E-state index contributed by atoms with van der Waals surface area (Å²) in [4.78, 5) is 25.1. The summed E-state index contributed by atoms with van der Waals surface area (Å²) in [6, 6.07) is 27.1. The van der Waals surface area contributed by atoms with E-state index in [0.717, 1.165) is 22.3 Å². The number of hydrogen-bond acceptors (Lipinski definition) is 4. The van der Waals surface area contributed by atoms with Crippen LogP contribution >= 0.6 is 0 Å². The third-order valence-corrected chi connectivity index (χ3v) is 7.79. The van der Waals surface area contributed by atoms with E-state index in [0.29, 0.717) is 11.4 Å². The molecular formula is C32H28N2O4S. The fourth-order valence-electron chi connectivity index (χ4n) is 4.01. The first-order valence-electron chi connectivity index (χ1n) is 12.2. The van der Waals surface area contributed by atoms with Gasteiger partial charge in [0.2, 0.25) is 21.7 Å². The number of hydrogen-bond donors (Lipinski definition) is 2. The van der Waals surface area contributed by atoms with Gasteiger partial charge in [-0.15, -0.1) is 0 Å². The van der Waals surface area contributed by atoms with Gasteiger partial charge in [-0.3, -0.25) is 9.59 Å². The molecule has 0 saturated carbocycles. The highest BCUT2D eigenvalue weighted by molar-refractivity contribution is 7.91. The summed E-state index contributed by atoms with van der Waals surface area (Å²) in [5.41, 5.74) is 4.56. The molecule has 4 rings (SSSR count). The normalized spacial score (nSPS) is 10.9. The molecule has 0 radical (unpaired) electrons. The number of rotatable bonds is 10. The van der Waals surface area contributed by atoms with Crippen molar-refractivity contribution in [3.63, 3.8) is 0 Å². The maximum Gasteiger partial charge on any atom is 0.228 e. The van der Waals surface area contributed by atoms with Crippen LogP contribution in [-0.2, 0) is 32.3 Å². The zero-order valence-corrected chi connectivity index (χ0v) is 22.1. The first-order chi connectivity index (χ1) is 18.8. The fraction of sp³-hybridized carbons (Fsp3) is 0.0625. The lowest BCUT2D eigenvalue weighted by atomic mass is 10.1. The second-order valence-electron chi connectivity index (χ2n) is 8.90. The summed E-state index contributed by atoms with van der Waals surface area (Å²) in [7, 11) is -3.79. The van der Waals surface area contributed by atoms with Crippen molar-refractivity contribution < 1.29 is 18.0 Å². The molecule has 2 N–H and O–H groups in total. The second kappa shape index (κ2) is 12.2. The Morgan fingerprint density at radius 3 is 1.36 bits per heavy atom. The standard InChI is InChI=1S/C32H28N2O4S/c1-3-23-7-5-9-25(19-23)21-31(35)33-27-11-15-29(16-12-27)39(37,38)30-17-13-28(14-18-30)34-32(36)22-26-10-6-8-24(4-2)20-26/h3-20H,1-2,21-22H2,(H,33,35)(H,34,36). The van der Waals surface area contributed by atoms with E-state index >= 15 is 0 Å². The molecule has 6 nitrogen and oxygen atoms in total. The highest BCUT2D eigenvalue weighted by Gasteiger charge is 2.18. The summed E-state index contributed by atoms with van der Waals surface area (Å²) in [6.45, 7) is 7.47. The van der Waals surface area contributed by atoms with Crippen molar-refractivity contribution in [2.45, 2.75) is 22.6 Å². The topological polar surface area (TPSA) is 92.3 Å². The largest absolute Gasteiger partial charge is 0.326 e. The van der Waals surface area contributed by atoms with Crippen LogP contribution < -0.4 is 10.6 Å². The van der Waals surface area contributed by atoms with Crippen molar-refractivity contribution in [3.8, 4) is 0 Å². The van der Waals surface area contributed by atoms with E-state index in [2.05, 4.69) is 23.8 Å². The van der Waals surface area contributed by atoms with Crippen molar-refractivity contribution in [2.24, 2.45) is 0 Å². The molecule has 196 valence electrons. The van der Waals surface area contributed by atoms with Gasteiger partial charge in [-0.1, -0.05) is 73.8 Å². The fourth-order valence-corrected chi connectivity index (χ4v) is 5.27. The van der Waals surface area contributed by atoms with Crippen LogP contribution in [0.15, 0.2) is 120 Å². The Morgan fingerprint density at radius 1 is 0.615 bits per heavy atom. The van der Waals surface area contributed by atoms with Gasteiger partial charge in [0, 0.05) is 11.4 Å². The van der Waals surface area contributed by atoms with Gasteiger partial charge in [-0.05, 0) is 70.8 Å². The Morgan fingerprint density at radius 2 is 1.00 bits per heavy atom. The van der Waals surface area contributed by atoms with E-state index in [4.69, 9.17) is 0 Å². The van der Waals surface area contributed by atoms with E-state index in [1.807, 2.05) is 48.5 Å². The summed E-state index contributed by atoms with van der Waals surface area (Å²) in [5, 5.41) is 5.58. The van der Waals surface area contributed by atoms with Gasteiger partial charge in [0.05, 0.1) is 22.6 Å². The van der Waals surface area contributed by atoms with Crippen LogP contribution in [0.3, 0.4) is 0 Å². The van der Waals surface area contributed by atoms with Crippen molar-refractivity contribution in [1.29, 1.82) is 0 Å². The SMILES string of the molecule is C=Cc1cccc(CC(=O)Nc2ccc(S(=O)(=O)c3ccc(NC(=O)Cc4cccc(C=C)c4)cc3)cc2)c1. The zero-order chi connectivity index (χ0) is 27.8. The smallest absolute Gasteiger partial charge is 0.228 e. The first-order valence-corrected chi connectivity index (χ1v) is 13.7. The first kappa shape index (κ1) is 27.3. The number of amides is 2. The highest BCUT2D eigenvalue weighted by Crippen LogP contribution is 2.24. The minimum atomic E-state index is -3.79. The third kappa shape index (κ3) is 7.18. The van der Waals surface area contributed by atoms with Crippen LogP contribution in [-0.4, -0.2) is 20.2 Å². The molecule has 4 aromatic carbocycles. The van der Waals surface area contributed by atoms with Gasteiger partial charge in [0.1, 0.15) is 0 Å². The van der Waals surface area contributed by atoms with Crippen molar-refractivity contribution in [2.75, 3.05) is 10.6 Å². The lowest BCUT2D eigenvalue weighted by Crippen LogP contribution is -2.14. The van der Waals surface area contributed by atoms with Crippen molar-refractivity contribution >= 4 is 45.2 Å². The van der Waals surface area contributed by atoms with E-state index < -0.39 is 9.84 Å². The van der Waals surface area contributed by atoms with Crippen LogP contribution in [0, 0.1) is 0 Å². The van der Waals surface area contributed by atoms with E-state index in [9.17, 15) is 18.0 Å². The van der Waals surface area contributed by atoms with E-state index in [1.54, 1.807) is 36.4 Å². The van der Waals surface area contributed by atoms with Gasteiger partial charge >= 0.3 is 0 Å². The minimum absolute atomic E-state index is 0.0954. The summed E-state index contributed by atoms with van der Waals surface area (Å²) in [5.74, 6) is -0.421.